The molecule has 2 aliphatic heterocycles. The Balaban J connectivity index is 1.93. The van der Waals surface area contributed by atoms with E-state index in [9.17, 15) is 15.5 Å². The van der Waals surface area contributed by atoms with Crippen LogP contribution in [-0.4, -0.2) is 49.2 Å². The Kier molecular flexibility index (Phi) is 4.22. The lowest BCUT2D eigenvalue weighted by Gasteiger charge is -2.32. The second kappa shape index (κ2) is 6.45. The predicted octanol–water partition coefficient (Wildman–Crippen LogP) is 1.63. The van der Waals surface area contributed by atoms with E-state index < -0.39 is 23.7 Å². The van der Waals surface area contributed by atoms with Crippen molar-refractivity contribution in [2.45, 2.75) is 30.1 Å². The van der Waals surface area contributed by atoms with E-state index in [1.807, 2.05) is 47.4 Å². The minimum Gasteiger partial charge on any atom is -0.493 e. The number of hydrogen-bond acceptors (Lipinski definition) is 6. The van der Waals surface area contributed by atoms with Crippen molar-refractivity contribution in [2.75, 3.05) is 25.7 Å². The molecule has 140 valence electrons. The van der Waals surface area contributed by atoms with Crippen LogP contribution in [0.1, 0.15) is 11.1 Å². The third-order valence-electron chi connectivity index (χ3n) is 5.76. The van der Waals surface area contributed by atoms with Crippen LogP contribution < -0.4 is 14.4 Å². The Bertz CT molecular complexity index is 895. The van der Waals surface area contributed by atoms with E-state index in [1.54, 1.807) is 14.2 Å². The SMILES string of the molecule is COc1cc2c(cc1OC)[C@](C#N)(Cc1ccccc1)[C@H]1[C@H](O)[C@H](O)CN21. The van der Waals surface area contributed by atoms with Crippen molar-refractivity contribution < 1.29 is 19.7 Å². The lowest BCUT2D eigenvalue weighted by molar-refractivity contribution is 0.0317. The van der Waals surface area contributed by atoms with Crippen LogP contribution in [0.3, 0.4) is 0 Å². The van der Waals surface area contributed by atoms with Crippen molar-refractivity contribution >= 4 is 5.69 Å². The molecule has 2 heterocycles. The molecule has 6 heteroatoms. The van der Waals surface area contributed by atoms with Crippen LogP contribution >= 0.6 is 0 Å². The zero-order chi connectivity index (χ0) is 19.2. The van der Waals surface area contributed by atoms with Crippen molar-refractivity contribution in [3.05, 3.63) is 53.6 Å². The maximum atomic E-state index is 10.7. The monoisotopic (exact) mass is 366 g/mol. The van der Waals surface area contributed by atoms with Gasteiger partial charge in [0.1, 0.15) is 11.5 Å². The summed E-state index contributed by atoms with van der Waals surface area (Å²) in [5.74, 6) is 1.10. The first-order valence-corrected chi connectivity index (χ1v) is 8.90. The molecular formula is C21H22N2O4. The van der Waals surface area contributed by atoms with E-state index in [-0.39, 0.29) is 6.54 Å². The second-order valence-electron chi connectivity index (χ2n) is 7.13. The molecule has 4 rings (SSSR count). The summed E-state index contributed by atoms with van der Waals surface area (Å²) < 4.78 is 10.9. The van der Waals surface area contributed by atoms with Gasteiger partial charge in [0.25, 0.3) is 0 Å². The molecule has 0 bridgehead atoms. The summed E-state index contributed by atoms with van der Waals surface area (Å²) in [4.78, 5) is 1.93. The number of benzene rings is 2. The maximum absolute atomic E-state index is 10.7. The van der Waals surface area contributed by atoms with Gasteiger partial charge in [-0.25, -0.2) is 0 Å². The van der Waals surface area contributed by atoms with Crippen LogP contribution in [0, 0.1) is 11.3 Å². The summed E-state index contributed by atoms with van der Waals surface area (Å²) in [5.41, 5.74) is 1.58. The molecule has 4 atom stereocenters. The average molecular weight is 366 g/mol. The Morgan fingerprint density at radius 2 is 1.81 bits per heavy atom. The number of hydrogen-bond donors (Lipinski definition) is 2. The van der Waals surface area contributed by atoms with Gasteiger partial charge in [0.15, 0.2) is 11.5 Å². The predicted molar refractivity (Wildman–Crippen MR) is 100 cm³/mol. The second-order valence-corrected chi connectivity index (χ2v) is 7.13. The number of methoxy groups -OCH3 is 2. The molecule has 2 aromatic carbocycles. The first-order valence-electron chi connectivity index (χ1n) is 8.90. The molecule has 0 saturated carbocycles. The van der Waals surface area contributed by atoms with Gasteiger partial charge in [-0.3, -0.25) is 0 Å². The molecular weight excluding hydrogens is 344 g/mol. The molecule has 0 aliphatic carbocycles. The topological polar surface area (TPSA) is 86.0 Å². The summed E-state index contributed by atoms with van der Waals surface area (Å²) in [6.45, 7) is 0.270. The van der Waals surface area contributed by atoms with Gasteiger partial charge in [-0.1, -0.05) is 30.3 Å². The normalized spacial score (nSPS) is 28.4. The van der Waals surface area contributed by atoms with Gasteiger partial charge in [-0.2, -0.15) is 5.26 Å². The maximum Gasteiger partial charge on any atom is 0.162 e. The Morgan fingerprint density at radius 1 is 1.15 bits per heavy atom. The summed E-state index contributed by atoms with van der Waals surface area (Å²) in [6.07, 6.45) is -1.49. The standard InChI is InChI=1S/C21H22N2O4/c1-26-17-8-14-15(9-18(17)27-2)23-11-16(24)19(25)20(23)21(14,12-22)10-13-6-4-3-5-7-13/h3-9,16,19-20,24-25H,10-11H2,1-2H3/t16-,19-,20-,21-/m1/s1. The van der Waals surface area contributed by atoms with Crippen LogP contribution in [0.2, 0.25) is 0 Å². The fourth-order valence-electron chi connectivity index (χ4n) is 4.53. The van der Waals surface area contributed by atoms with Crippen molar-refractivity contribution in [2.24, 2.45) is 0 Å². The number of nitrogens with zero attached hydrogens (tertiary/aromatic N) is 2. The third-order valence-corrected chi connectivity index (χ3v) is 5.76. The number of anilines is 1. The molecule has 1 fully saturated rings. The number of aliphatic hydroxyl groups excluding tert-OH is 2. The van der Waals surface area contributed by atoms with Gasteiger partial charge in [-0.15, -0.1) is 0 Å². The summed E-state index contributed by atoms with van der Waals surface area (Å²) >= 11 is 0. The third kappa shape index (κ3) is 2.47. The van der Waals surface area contributed by atoms with Crippen LogP contribution in [-0.2, 0) is 11.8 Å². The van der Waals surface area contributed by atoms with Crippen LogP contribution in [0.15, 0.2) is 42.5 Å². The largest absolute Gasteiger partial charge is 0.493 e. The fourth-order valence-corrected chi connectivity index (χ4v) is 4.53. The highest BCUT2D eigenvalue weighted by Crippen LogP contribution is 2.54. The molecule has 27 heavy (non-hydrogen) atoms. The van der Waals surface area contributed by atoms with Crippen LogP contribution in [0.25, 0.3) is 0 Å². The quantitative estimate of drug-likeness (QED) is 0.855. The average Bonchev–Trinajstić information content (AvgIpc) is 3.14. The van der Waals surface area contributed by atoms with Gasteiger partial charge >= 0.3 is 0 Å². The lowest BCUT2D eigenvalue weighted by atomic mass is 9.71. The van der Waals surface area contributed by atoms with E-state index in [2.05, 4.69) is 6.07 Å². The Morgan fingerprint density at radius 3 is 2.44 bits per heavy atom. The minimum atomic E-state index is -1.02. The van der Waals surface area contributed by atoms with E-state index in [4.69, 9.17) is 9.47 Å². The molecule has 2 N–H and O–H groups in total. The molecule has 0 spiro atoms. The van der Waals surface area contributed by atoms with E-state index >= 15 is 0 Å². The van der Waals surface area contributed by atoms with E-state index in [0.717, 1.165) is 16.8 Å². The van der Waals surface area contributed by atoms with Crippen molar-refractivity contribution in [3.63, 3.8) is 0 Å². The minimum absolute atomic E-state index is 0.270. The summed E-state index contributed by atoms with van der Waals surface area (Å²) in [6, 6.07) is 15.3. The van der Waals surface area contributed by atoms with Gasteiger partial charge in [0.2, 0.25) is 0 Å². The number of aliphatic hydroxyl groups is 2. The van der Waals surface area contributed by atoms with Gasteiger partial charge in [0, 0.05) is 23.9 Å². The van der Waals surface area contributed by atoms with Crippen molar-refractivity contribution in [1.29, 1.82) is 5.26 Å². The molecule has 0 amide bonds. The number of ether oxygens (including phenoxy) is 2. The molecule has 0 unspecified atom stereocenters. The first kappa shape index (κ1) is 17.7. The highest BCUT2D eigenvalue weighted by Gasteiger charge is 2.59. The molecule has 0 aromatic heterocycles. The zero-order valence-electron chi connectivity index (χ0n) is 15.3. The highest BCUT2D eigenvalue weighted by molar-refractivity contribution is 5.73. The zero-order valence-corrected chi connectivity index (χ0v) is 15.3. The van der Waals surface area contributed by atoms with Crippen molar-refractivity contribution in [1.82, 2.24) is 0 Å². The van der Waals surface area contributed by atoms with E-state index in [1.165, 1.54) is 0 Å². The number of nitriles is 1. The van der Waals surface area contributed by atoms with Crippen LogP contribution in [0.5, 0.6) is 11.5 Å². The number of rotatable bonds is 4. The molecule has 2 aromatic rings. The highest BCUT2D eigenvalue weighted by atomic mass is 16.5. The van der Waals surface area contributed by atoms with Crippen LogP contribution in [0.4, 0.5) is 5.69 Å². The molecule has 1 saturated heterocycles. The molecule has 2 aliphatic rings. The van der Waals surface area contributed by atoms with Gasteiger partial charge in [0.05, 0.1) is 32.4 Å². The van der Waals surface area contributed by atoms with Crippen molar-refractivity contribution in [3.8, 4) is 17.6 Å². The van der Waals surface area contributed by atoms with Gasteiger partial charge < -0.3 is 24.6 Å². The van der Waals surface area contributed by atoms with Gasteiger partial charge in [-0.05, 0) is 18.1 Å². The Labute approximate surface area is 158 Å². The fraction of sp³-hybridized carbons (Fsp3) is 0.381. The number of fused-ring (bicyclic) bond motifs is 3. The smallest absolute Gasteiger partial charge is 0.162 e. The summed E-state index contributed by atoms with van der Waals surface area (Å²) in [7, 11) is 3.12. The molecule has 0 radical (unpaired) electrons. The first-order chi connectivity index (χ1) is 13.1. The summed E-state index contributed by atoms with van der Waals surface area (Å²) in [5, 5.41) is 31.4. The molecule has 6 nitrogen and oxygen atoms in total. The Hall–Kier alpha value is -2.75. The lowest BCUT2D eigenvalue weighted by Crippen LogP contribution is -2.48. The van der Waals surface area contributed by atoms with E-state index in [0.29, 0.717) is 17.9 Å².